The molecule has 0 aliphatic carbocycles. The number of nitrogens with zero attached hydrogens (tertiary/aromatic N) is 2. The van der Waals surface area contributed by atoms with Crippen LogP contribution in [-0.2, 0) is 0 Å². The molecule has 5 rings (SSSR count). The minimum absolute atomic E-state index is 0.843. The molecule has 2 aliphatic rings. The molecule has 8 bridgehead atoms. The van der Waals surface area contributed by atoms with Crippen molar-refractivity contribution in [3.05, 3.63) is 66.5 Å². The highest BCUT2D eigenvalue weighted by Gasteiger charge is 2.12. The molecule has 0 radical (unpaired) electrons. The van der Waals surface area contributed by atoms with E-state index in [1.165, 1.54) is 0 Å². The van der Waals surface area contributed by atoms with E-state index < -0.39 is 0 Å². The van der Waals surface area contributed by atoms with Gasteiger partial charge in [0.05, 0.1) is 47.2 Å². The molecule has 0 fully saturated rings. The summed E-state index contributed by atoms with van der Waals surface area (Å²) in [5, 5.41) is 0. The SMILES string of the molecule is Brc1c2nc(c(Br)c3ccc(cc4ccc([nH]4)c(Br)c4nc1C=C4)[nH]3)C=C2. The van der Waals surface area contributed by atoms with E-state index in [4.69, 9.17) is 9.97 Å². The van der Waals surface area contributed by atoms with Gasteiger partial charge in [0.25, 0.3) is 0 Å². The first-order chi connectivity index (χ1) is 13.1. The Morgan fingerprint density at radius 2 is 0.963 bits per heavy atom. The van der Waals surface area contributed by atoms with Crippen molar-refractivity contribution < 1.29 is 0 Å². The number of H-pyrrole nitrogens is 2. The smallest absolute Gasteiger partial charge is 0.0802 e. The minimum atomic E-state index is 0.843. The highest BCUT2D eigenvalue weighted by Crippen LogP contribution is 2.31. The second-order valence-corrected chi connectivity index (χ2v) is 8.55. The van der Waals surface area contributed by atoms with E-state index in [1.807, 2.05) is 48.6 Å². The van der Waals surface area contributed by atoms with Gasteiger partial charge in [-0.25, -0.2) is 9.97 Å². The zero-order valence-corrected chi connectivity index (χ0v) is 18.5. The van der Waals surface area contributed by atoms with Gasteiger partial charge in [0, 0.05) is 11.0 Å². The van der Waals surface area contributed by atoms with Gasteiger partial charge in [0.15, 0.2) is 0 Å². The van der Waals surface area contributed by atoms with E-state index in [0.717, 1.165) is 58.3 Å². The highest BCUT2D eigenvalue weighted by molar-refractivity contribution is 9.11. The number of aromatic nitrogens is 4. The van der Waals surface area contributed by atoms with Gasteiger partial charge in [-0.3, -0.25) is 0 Å². The second kappa shape index (κ2) is 6.58. The van der Waals surface area contributed by atoms with Crippen LogP contribution in [0, 0.1) is 0 Å². The molecule has 5 heterocycles. The number of hydrogen-bond donors (Lipinski definition) is 2. The first-order valence-electron chi connectivity index (χ1n) is 8.18. The van der Waals surface area contributed by atoms with E-state index in [9.17, 15) is 0 Å². The first kappa shape index (κ1) is 17.2. The molecule has 0 unspecified atom stereocenters. The summed E-state index contributed by atoms with van der Waals surface area (Å²) >= 11 is 11.0. The van der Waals surface area contributed by atoms with Crippen molar-refractivity contribution in [3.8, 4) is 0 Å². The molecule has 0 spiro atoms. The number of rotatable bonds is 0. The lowest BCUT2D eigenvalue weighted by Gasteiger charge is -1.94. The molecule has 2 N–H and O–H groups in total. The lowest BCUT2D eigenvalue weighted by Crippen LogP contribution is -1.83. The highest BCUT2D eigenvalue weighted by atomic mass is 79.9. The Bertz CT molecular complexity index is 1210. The summed E-state index contributed by atoms with van der Waals surface area (Å²) in [6.45, 7) is 0. The van der Waals surface area contributed by atoms with Crippen LogP contribution in [-0.4, -0.2) is 19.9 Å². The van der Waals surface area contributed by atoms with Gasteiger partial charge in [-0.2, -0.15) is 0 Å². The van der Waals surface area contributed by atoms with E-state index in [2.05, 4.69) is 63.8 Å². The fourth-order valence-corrected chi connectivity index (χ4v) is 4.38. The third-order valence-electron chi connectivity index (χ3n) is 4.38. The van der Waals surface area contributed by atoms with Gasteiger partial charge < -0.3 is 9.97 Å². The van der Waals surface area contributed by atoms with Crippen LogP contribution in [0.4, 0.5) is 0 Å². The van der Waals surface area contributed by atoms with Gasteiger partial charge in [-0.15, -0.1) is 0 Å². The van der Waals surface area contributed by atoms with E-state index in [0.29, 0.717) is 0 Å². The number of halogens is 3. The summed E-state index contributed by atoms with van der Waals surface area (Å²) in [5.41, 5.74) is 7.38. The lowest BCUT2D eigenvalue weighted by atomic mass is 10.3. The molecular formula is C20H11Br3N4. The lowest BCUT2D eigenvalue weighted by molar-refractivity contribution is 1.24. The van der Waals surface area contributed by atoms with Crippen molar-refractivity contribution in [1.82, 2.24) is 19.9 Å². The normalized spacial score (nSPS) is 12.7. The van der Waals surface area contributed by atoms with Crippen LogP contribution in [0.25, 0.3) is 46.4 Å². The monoisotopic (exact) mass is 544 g/mol. The summed E-state index contributed by atoms with van der Waals surface area (Å²) in [6.07, 6.45) is 7.95. The van der Waals surface area contributed by atoms with Gasteiger partial charge >= 0.3 is 0 Å². The van der Waals surface area contributed by atoms with Crippen LogP contribution in [0.5, 0.6) is 0 Å². The van der Waals surface area contributed by atoms with Gasteiger partial charge in [-0.1, -0.05) is 0 Å². The molecule has 3 aromatic rings. The maximum absolute atomic E-state index is 4.74. The third-order valence-corrected chi connectivity index (χ3v) is 6.86. The van der Waals surface area contributed by atoms with Gasteiger partial charge in [0.1, 0.15) is 0 Å². The topological polar surface area (TPSA) is 57.4 Å². The Morgan fingerprint density at radius 1 is 0.556 bits per heavy atom. The predicted molar refractivity (Wildman–Crippen MR) is 122 cm³/mol. The Balaban J connectivity index is 1.94. The fourth-order valence-electron chi connectivity index (χ4n) is 3.04. The van der Waals surface area contributed by atoms with E-state index in [1.54, 1.807) is 0 Å². The van der Waals surface area contributed by atoms with Gasteiger partial charge in [-0.05, 0) is 102 Å². The molecule has 7 heteroatoms. The van der Waals surface area contributed by atoms with Crippen molar-refractivity contribution in [3.63, 3.8) is 0 Å². The van der Waals surface area contributed by atoms with Crippen molar-refractivity contribution in [2.75, 3.05) is 0 Å². The third kappa shape index (κ3) is 3.03. The van der Waals surface area contributed by atoms with Crippen LogP contribution in [0.1, 0.15) is 22.8 Å². The maximum atomic E-state index is 4.74. The molecule has 0 saturated heterocycles. The molecule has 132 valence electrons. The summed E-state index contributed by atoms with van der Waals surface area (Å²) in [7, 11) is 0. The molecule has 27 heavy (non-hydrogen) atoms. The zero-order chi connectivity index (χ0) is 18.5. The standard InChI is InChI=1S/C20H11Br3N4/c21-18-12-3-1-10(24-12)9-11-2-4-13(25-11)19(22)15-6-8-17(27-15)20(23)16-7-5-14(18)26-16/h1-9,24-25H. The van der Waals surface area contributed by atoms with Crippen molar-refractivity contribution in [1.29, 1.82) is 0 Å². The van der Waals surface area contributed by atoms with Gasteiger partial charge in [0.2, 0.25) is 0 Å². The van der Waals surface area contributed by atoms with E-state index in [-0.39, 0.29) is 0 Å². The Hall–Kier alpha value is -1.96. The first-order valence-corrected chi connectivity index (χ1v) is 10.6. The van der Waals surface area contributed by atoms with Crippen LogP contribution >= 0.6 is 47.8 Å². The number of nitrogens with one attached hydrogen (secondary N) is 2. The van der Waals surface area contributed by atoms with E-state index >= 15 is 0 Å². The zero-order valence-electron chi connectivity index (χ0n) is 13.7. The Labute approximate surface area is 179 Å². The molecule has 0 amide bonds. The number of aromatic amines is 2. The second-order valence-electron chi connectivity index (χ2n) is 6.17. The Morgan fingerprint density at radius 3 is 1.41 bits per heavy atom. The summed E-state index contributed by atoms with van der Waals surface area (Å²) in [4.78, 5) is 16.3. The quantitative estimate of drug-likeness (QED) is 0.221. The largest absolute Gasteiger partial charge is 0.354 e. The van der Waals surface area contributed by atoms with Crippen molar-refractivity contribution >= 4 is 94.2 Å². The summed E-state index contributed by atoms with van der Waals surface area (Å²) in [5.74, 6) is 0. The van der Waals surface area contributed by atoms with Crippen LogP contribution < -0.4 is 0 Å². The van der Waals surface area contributed by atoms with Crippen molar-refractivity contribution in [2.24, 2.45) is 0 Å². The molecule has 0 atom stereocenters. The molecule has 2 aliphatic heterocycles. The molecule has 4 nitrogen and oxygen atoms in total. The summed E-state index contributed by atoms with van der Waals surface area (Å²) < 4.78 is 2.70. The maximum Gasteiger partial charge on any atom is 0.0802 e. The average molecular weight is 547 g/mol. The average Bonchev–Trinajstić information content (AvgIpc) is 3.46. The van der Waals surface area contributed by atoms with Crippen LogP contribution in [0.2, 0.25) is 0 Å². The number of hydrogen-bond acceptors (Lipinski definition) is 2. The van der Waals surface area contributed by atoms with Crippen molar-refractivity contribution in [2.45, 2.75) is 0 Å². The molecule has 0 saturated carbocycles. The molecule has 0 aromatic carbocycles. The fraction of sp³-hybridized carbons (Fsp3) is 0. The minimum Gasteiger partial charge on any atom is -0.354 e. The number of fused-ring (bicyclic) bond motifs is 8. The molecular weight excluding hydrogens is 536 g/mol. The Kier molecular flexibility index (Phi) is 4.18. The predicted octanol–water partition coefficient (Wildman–Crippen LogP) is 6.94. The molecule has 3 aromatic heterocycles. The summed E-state index contributed by atoms with van der Waals surface area (Å²) in [6, 6.07) is 10.2. The van der Waals surface area contributed by atoms with Crippen LogP contribution in [0.15, 0.2) is 43.7 Å². The van der Waals surface area contributed by atoms with Crippen LogP contribution in [0.3, 0.4) is 0 Å².